The molecule has 0 aliphatic carbocycles. The van der Waals surface area contributed by atoms with E-state index in [4.69, 9.17) is 4.42 Å². The van der Waals surface area contributed by atoms with E-state index in [1.54, 1.807) is 6.20 Å². The van der Waals surface area contributed by atoms with Gasteiger partial charge in [0.05, 0.1) is 11.9 Å². The van der Waals surface area contributed by atoms with E-state index in [1.165, 1.54) is 5.56 Å². The van der Waals surface area contributed by atoms with Crippen molar-refractivity contribution in [2.45, 2.75) is 26.7 Å². The summed E-state index contributed by atoms with van der Waals surface area (Å²) in [7, 11) is 0. The normalized spacial score (nSPS) is 10.9. The van der Waals surface area contributed by atoms with Crippen LogP contribution in [-0.4, -0.2) is 20.2 Å². The Bertz CT molecular complexity index is 783. The van der Waals surface area contributed by atoms with Gasteiger partial charge < -0.3 is 4.42 Å². The molecule has 0 N–H and O–H groups in total. The van der Waals surface area contributed by atoms with Crippen LogP contribution in [0, 0.1) is 6.92 Å². The fourth-order valence-electron chi connectivity index (χ4n) is 2.17. The second-order valence-electron chi connectivity index (χ2n) is 4.99. The van der Waals surface area contributed by atoms with Gasteiger partial charge in [0.2, 0.25) is 5.89 Å². The minimum atomic E-state index is 0.374. The molecule has 0 saturated heterocycles. The zero-order chi connectivity index (χ0) is 15.5. The molecule has 0 aliphatic heterocycles. The van der Waals surface area contributed by atoms with Crippen molar-refractivity contribution >= 4 is 15.9 Å². The topological polar surface area (TPSA) is 64.7 Å². The summed E-state index contributed by atoms with van der Waals surface area (Å²) in [4.78, 5) is 8.58. The Hall–Kier alpha value is -2.08. The lowest BCUT2D eigenvalue weighted by atomic mass is 10.1. The summed E-state index contributed by atoms with van der Waals surface area (Å²) in [5.74, 6) is 0.859. The Kier molecular flexibility index (Phi) is 4.29. The van der Waals surface area contributed by atoms with Gasteiger partial charge in [-0.05, 0) is 47.0 Å². The lowest BCUT2D eigenvalue weighted by Gasteiger charge is -2.00. The van der Waals surface area contributed by atoms with Crippen molar-refractivity contribution in [2.75, 3.05) is 0 Å². The minimum absolute atomic E-state index is 0.374. The van der Waals surface area contributed by atoms with Crippen molar-refractivity contribution in [2.24, 2.45) is 0 Å². The summed E-state index contributed by atoms with van der Waals surface area (Å²) >= 11 is 3.30. The van der Waals surface area contributed by atoms with E-state index in [2.05, 4.69) is 55.2 Å². The summed E-state index contributed by atoms with van der Waals surface area (Å²) in [5, 5.41) is 8.19. The van der Waals surface area contributed by atoms with E-state index in [1.807, 2.05) is 19.1 Å². The Morgan fingerprint density at radius 1 is 1.09 bits per heavy atom. The van der Waals surface area contributed by atoms with Gasteiger partial charge in [-0.15, -0.1) is 10.2 Å². The Morgan fingerprint density at radius 3 is 2.55 bits per heavy atom. The van der Waals surface area contributed by atoms with Crippen molar-refractivity contribution < 1.29 is 4.42 Å². The molecule has 0 atom stereocenters. The second-order valence-corrected chi connectivity index (χ2v) is 5.80. The van der Waals surface area contributed by atoms with Crippen LogP contribution < -0.4 is 0 Å². The number of halogens is 1. The number of rotatable bonds is 4. The van der Waals surface area contributed by atoms with E-state index in [9.17, 15) is 0 Å². The first-order chi connectivity index (χ1) is 10.7. The lowest BCUT2D eigenvalue weighted by molar-refractivity contribution is 0.580. The highest BCUT2D eigenvalue weighted by atomic mass is 79.9. The molecule has 0 radical (unpaired) electrons. The van der Waals surface area contributed by atoms with Crippen LogP contribution in [0.1, 0.15) is 24.6 Å². The van der Waals surface area contributed by atoms with E-state index in [0.29, 0.717) is 22.1 Å². The smallest absolute Gasteiger partial charge is 0.268 e. The average Bonchev–Trinajstić information content (AvgIpc) is 3.00. The molecule has 0 spiro atoms. The first-order valence-corrected chi connectivity index (χ1v) is 7.89. The van der Waals surface area contributed by atoms with Crippen molar-refractivity contribution in [3.63, 3.8) is 0 Å². The Balaban J connectivity index is 1.91. The quantitative estimate of drug-likeness (QED) is 0.698. The van der Waals surface area contributed by atoms with Gasteiger partial charge in [0.1, 0.15) is 10.3 Å². The third kappa shape index (κ3) is 3.06. The summed E-state index contributed by atoms with van der Waals surface area (Å²) in [6.07, 6.45) is 3.84. The van der Waals surface area contributed by atoms with Gasteiger partial charge in [0.15, 0.2) is 0 Å². The third-order valence-corrected chi connectivity index (χ3v) is 3.68. The van der Waals surface area contributed by atoms with Crippen LogP contribution in [0.3, 0.4) is 0 Å². The van der Waals surface area contributed by atoms with Crippen LogP contribution in [0.25, 0.3) is 23.0 Å². The minimum Gasteiger partial charge on any atom is -0.415 e. The number of hydrogen-bond acceptors (Lipinski definition) is 5. The maximum absolute atomic E-state index is 5.75. The van der Waals surface area contributed by atoms with Gasteiger partial charge in [0.25, 0.3) is 5.89 Å². The molecule has 2 heterocycles. The van der Waals surface area contributed by atoms with Crippen molar-refractivity contribution in [3.05, 3.63) is 46.3 Å². The third-order valence-electron chi connectivity index (χ3n) is 3.29. The Labute approximate surface area is 137 Å². The van der Waals surface area contributed by atoms with E-state index in [0.717, 1.165) is 24.1 Å². The fraction of sp³-hybridized carbons (Fsp3) is 0.250. The monoisotopic (exact) mass is 358 g/mol. The lowest BCUT2D eigenvalue weighted by Crippen LogP contribution is -1.92. The number of aromatic nitrogens is 4. The van der Waals surface area contributed by atoms with Crippen LogP contribution in [0.2, 0.25) is 0 Å². The van der Waals surface area contributed by atoms with Gasteiger partial charge >= 0.3 is 0 Å². The molecule has 1 aromatic carbocycles. The van der Waals surface area contributed by atoms with Crippen LogP contribution >= 0.6 is 15.9 Å². The predicted octanol–water partition coefficient (Wildman–Crippen LogP) is 4.22. The van der Waals surface area contributed by atoms with Crippen LogP contribution in [0.15, 0.2) is 39.5 Å². The zero-order valence-electron chi connectivity index (χ0n) is 12.4. The highest BCUT2D eigenvalue weighted by Gasteiger charge is 2.15. The molecule has 0 fully saturated rings. The van der Waals surface area contributed by atoms with E-state index >= 15 is 0 Å². The van der Waals surface area contributed by atoms with Crippen molar-refractivity contribution in [1.82, 2.24) is 20.2 Å². The van der Waals surface area contributed by atoms with E-state index in [-0.39, 0.29) is 0 Å². The van der Waals surface area contributed by atoms with Gasteiger partial charge in [-0.2, -0.15) is 0 Å². The SMILES string of the molecule is CCCc1ccc(-c2nnc(-c3nc(Br)cnc3C)o2)cc1. The molecule has 3 aromatic rings. The molecule has 0 bridgehead atoms. The molecule has 6 heteroatoms. The summed E-state index contributed by atoms with van der Waals surface area (Å²) in [6, 6.07) is 8.18. The van der Waals surface area contributed by atoms with Crippen molar-refractivity contribution in [3.8, 4) is 23.0 Å². The molecule has 0 aliphatic rings. The molecule has 22 heavy (non-hydrogen) atoms. The second kappa shape index (κ2) is 6.36. The standard InChI is InChI=1S/C16H15BrN4O/c1-3-4-11-5-7-12(8-6-11)15-20-21-16(22-15)14-10(2)18-9-13(17)19-14/h5-9H,3-4H2,1-2H3. The summed E-state index contributed by atoms with van der Waals surface area (Å²) < 4.78 is 6.38. The predicted molar refractivity (Wildman–Crippen MR) is 87.2 cm³/mol. The first kappa shape index (κ1) is 14.8. The van der Waals surface area contributed by atoms with Crippen LogP contribution in [-0.2, 0) is 6.42 Å². The Morgan fingerprint density at radius 2 is 1.82 bits per heavy atom. The highest BCUT2D eigenvalue weighted by molar-refractivity contribution is 9.10. The van der Waals surface area contributed by atoms with Gasteiger partial charge in [-0.1, -0.05) is 25.5 Å². The zero-order valence-corrected chi connectivity index (χ0v) is 14.0. The molecule has 0 saturated carbocycles. The molecule has 3 rings (SSSR count). The molecular formula is C16H15BrN4O. The number of aryl methyl sites for hydroxylation is 2. The van der Waals surface area contributed by atoms with Gasteiger partial charge in [-0.3, -0.25) is 4.98 Å². The molecular weight excluding hydrogens is 344 g/mol. The van der Waals surface area contributed by atoms with Crippen LogP contribution in [0.4, 0.5) is 0 Å². The molecule has 112 valence electrons. The molecule has 0 amide bonds. The summed E-state index contributed by atoms with van der Waals surface area (Å²) in [6.45, 7) is 4.03. The molecule has 0 unspecified atom stereocenters. The first-order valence-electron chi connectivity index (χ1n) is 7.09. The number of nitrogens with zero attached hydrogens (tertiary/aromatic N) is 4. The summed E-state index contributed by atoms with van der Waals surface area (Å²) in [5.41, 5.74) is 3.55. The molecule has 2 aromatic heterocycles. The number of benzene rings is 1. The van der Waals surface area contributed by atoms with Crippen molar-refractivity contribution in [1.29, 1.82) is 0 Å². The maximum Gasteiger partial charge on any atom is 0.268 e. The van der Waals surface area contributed by atoms with Crippen LogP contribution in [0.5, 0.6) is 0 Å². The largest absolute Gasteiger partial charge is 0.415 e. The van der Waals surface area contributed by atoms with E-state index < -0.39 is 0 Å². The fourth-order valence-corrected chi connectivity index (χ4v) is 2.45. The average molecular weight is 359 g/mol. The van der Waals surface area contributed by atoms with Gasteiger partial charge in [0, 0.05) is 5.56 Å². The van der Waals surface area contributed by atoms with Gasteiger partial charge in [-0.25, -0.2) is 4.98 Å². The maximum atomic E-state index is 5.75. The highest BCUT2D eigenvalue weighted by Crippen LogP contribution is 2.25. The number of hydrogen-bond donors (Lipinski definition) is 0. The molecule has 5 nitrogen and oxygen atoms in total.